The molecule has 3 nitrogen and oxygen atoms in total. The molecule has 3 heteroatoms. The average Bonchev–Trinajstić information content (AvgIpc) is 2.35. The fourth-order valence-corrected chi connectivity index (χ4v) is 1.97. The Hall–Kier alpha value is -1.51. The number of benzene rings is 1. The summed E-state index contributed by atoms with van der Waals surface area (Å²) in [6.07, 6.45) is 0.934. The first-order valence-corrected chi connectivity index (χ1v) is 6.56. The van der Waals surface area contributed by atoms with Gasteiger partial charge in [0.25, 0.3) is 0 Å². The number of hydrogen-bond donors (Lipinski definition) is 1. The van der Waals surface area contributed by atoms with Crippen LogP contribution in [0.2, 0.25) is 0 Å². The minimum atomic E-state index is -0.781. The molecule has 1 atom stereocenters. The molecular formula is C15H23NO2. The molecule has 0 heterocycles. The van der Waals surface area contributed by atoms with Gasteiger partial charge >= 0.3 is 5.97 Å². The van der Waals surface area contributed by atoms with Gasteiger partial charge in [-0.05, 0) is 37.0 Å². The maximum Gasteiger partial charge on any atom is 0.326 e. The van der Waals surface area contributed by atoms with Gasteiger partial charge in [-0.2, -0.15) is 0 Å². The van der Waals surface area contributed by atoms with E-state index >= 15 is 0 Å². The van der Waals surface area contributed by atoms with Crippen molar-refractivity contribution in [3.8, 4) is 0 Å². The van der Waals surface area contributed by atoms with Crippen LogP contribution in [0, 0.1) is 0 Å². The zero-order valence-electron chi connectivity index (χ0n) is 11.7. The van der Waals surface area contributed by atoms with E-state index < -0.39 is 12.0 Å². The third-order valence-corrected chi connectivity index (χ3v) is 3.18. The third kappa shape index (κ3) is 3.49. The molecule has 0 saturated carbocycles. The second-order valence-electron chi connectivity index (χ2n) is 4.95. The van der Waals surface area contributed by atoms with E-state index in [4.69, 9.17) is 5.11 Å². The number of rotatable bonds is 6. The maximum absolute atomic E-state index is 11.1. The Kier molecular flexibility index (Phi) is 5.20. The largest absolute Gasteiger partial charge is 0.480 e. The van der Waals surface area contributed by atoms with E-state index in [2.05, 4.69) is 32.9 Å². The fraction of sp³-hybridized carbons (Fsp3) is 0.533. The first-order valence-electron chi connectivity index (χ1n) is 6.56. The Balaban J connectivity index is 2.95. The maximum atomic E-state index is 11.1. The molecule has 18 heavy (non-hydrogen) atoms. The first kappa shape index (κ1) is 14.6. The Labute approximate surface area is 109 Å². The number of carboxylic acid groups (broad SMARTS) is 1. The summed E-state index contributed by atoms with van der Waals surface area (Å²) in [5.74, 6) is -0.285. The van der Waals surface area contributed by atoms with Gasteiger partial charge < -0.3 is 10.0 Å². The molecule has 0 unspecified atom stereocenters. The van der Waals surface area contributed by atoms with Crippen molar-refractivity contribution in [2.24, 2.45) is 0 Å². The van der Waals surface area contributed by atoms with Crippen LogP contribution < -0.4 is 4.90 Å². The fourth-order valence-electron chi connectivity index (χ4n) is 1.97. The second-order valence-corrected chi connectivity index (χ2v) is 4.95. The molecule has 0 aliphatic rings. The quantitative estimate of drug-likeness (QED) is 0.838. The highest BCUT2D eigenvalue weighted by molar-refractivity contribution is 5.77. The molecule has 0 aliphatic carbocycles. The zero-order chi connectivity index (χ0) is 13.7. The lowest BCUT2D eigenvalue weighted by molar-refractivity contribution is -0.138. The number of carboxylic acids is 1. The van der Waals surface area contributed by atoms with E-state index in [-0.39, 0.29) is 0 Å². The van der Waals surface area contributed by atoms with Crippen LogP contribution in [0.4, 0.5) is 5.69 Å². The summed E-state index contributed by atoms with van der Waals surface area (Å²) in [5, 5.41) is 9.14. The van der Waals surface area contributed by atoms with Gasteiger partial charge in [-0.15, -0.1) is 0 Å². The van der Waals surface area contributed by atoms with Crippen molar-refractivity contribution in [2.45, 2.75) is 46.1 Å². The third-order valence-electron chi connectivity index (χ3n) is 3.18. The van der Waals surface area contributed by atoms with E-state index in [1.165, 1.54) is 5.56 Å². The Morgan fingerprint density at radius 1 is 1.22 bits per heavy atom. The van der Waals surface area contributed by atoms with Crippen LogP contribution in [0.25, 0.3) is 0 Å². The van der Waals surface area contributed by atoms with Gasteiger partial charge in [0.05, 0.1) is 0 Å². The summed E-state index contributed by atoms with van der Waals surface area (Å²) in [6, 6.07) is 7.71. The van der Waals surface area contributed by atoms with Crippen LogP contribution in [0.5, 0.6) is 0 Å². The molecule has 0 radical (unpaired) electrons. The molecule has 1 rings (SSSR count). The van der Waals surface area contributed by atoms with Gasteiger partial charge in [0.1, 0.15) is 6.04 Å². The van der Waals surface area contributed by atoms with Crippen molar-refractivity contribution in [3.63, 3.8) is 0 Å². The monoisotopic (exact) mass is 249 g/mol. The predicted octanol–water partition coefficient (Wildman–Crippen LogP) is 3.50. The Bertz CT molecular complexity index is 384. The highest BCUT2D eigenvalue weighted by Gasteiger charge is 2.20. The van der Waals surface area contributed by atoms with Crippen molar-refractivity contribution < 1.29 is 9.90 Å². The van der Waals surface area contributed by atoms with E-state index in [0.29, 0.717) is 5.92 Å². The SMILES string of the molecule is CCCN(c1ccc(C(C)C)cc1)[C@@H](C)C(=O)O. The highest BCUT2D eigenvalue weighted by atomic mass is 16.4. The molecule has 0 spiro atoms. The summed E-state index contributed by atoms with van der Waals surface area (Å²) in [6.45, 7) is 8.85. The average molecular weight is 249 g/mol. The lowest BCUT2D eigenvalue weighted by Crippen LogP contribution is -2.39. The van der Waals surface area contributed by atoms with Crippen molar-refractivity contribution in [2.75, 3.05) is 11.4 Å². The summed E-state index contributed by atoms with van der Waals surface area (Å²) in [5.41, 5.74) is 2.26. The van der Waals surface area contributed by atoms with Crippen molar-refractivity contribution in [1.29, 1.82) is 0 Å². The summed E-state index contributed by atoms with van der Waals surface area (Å²) < 4.78 is 0. The molecule has 0 aromatic heterocycles. The summed E-state index contributed by atoms with van der Waals surface area (Å²) >= 11 is 0. The smallest absolute Gasteiger partial charge is 0.326 e. The molecular weight excluding hydrogens is 226 g/mol. The Morgan fingerprint density at radius 2 is 1.78 bits per heavy atom. The van der Waals surface area contributed by atoms with Crippen molar-refractivity contribution in [3.05, 3.63) is 29.8 Å². The molecule has 0 fully saturated rings. The summed E-state index contributed by atoms with van der Waals surface area (Å²) in [4.78, 5) is 13.1. The molecule has 0 aliphatic heterocycles. The summed E-state index contributed by atoms with van der Waals surface area (Å²) in [7, 11) is 0. The number of carbonyl (C=O) groups is 1. The molecule has 0 amide bonds. The normalized spacial score (nSPS) is 12.5. The van der Waals surface area contributed by atoms with Gasteiger partial charge in [0.2, 0.25) is 0 Å². The van der Waals surface area contributed by atoms with Gasteiger partial charge in [-0.3, -0.25) is 0 Å². The lowest BCUT2D eigenvalue weighted by Gasteiger charge is -2.28. The lowest BCUT2D eigenvalue weighted by atomic mass is 10.0. The minimum Gasteiger partial charge on any atom is -0.480 e. The number of hydrogen-bond acceptors (Lipinski definition) is 2. The van der Waals surface area contributed by atoms with E-state index in [1.807, 2.05) is 17.0 Å². The van der Waals surface area contributed by atoms with Gasteiger partial charge in [-0.1, -0.05) is 32.9 Å². The van der Waals surface area contributed by atoms with E-state index in [1.54, 1.807) is 6.92 Å². The van der Waals surface area contributed by atoms with Crippen LogP contribution in [0.15, 0.2) is 24.3 Å². The number of aliphatic carboxylic acids is 1. The van der Waals surface area contributed by atoms with E-state index in [0.717, 1.165) is 18.7 Å². The number of anilines is 1. The van der Waals surface area contributed by atoms with Crippen LogP contribution in [-0.4, -0.2) is 23.7 Å². The molecule has 0 saturated heterocycles. The van der Waals surface area contributed by atoms with E-state index in [9.17, 15) is 4.79 Å². The molecule has 1 N–H and O–H groups in total. The van der Waals surface area contributed by atoms with Crippen LogP contribution in [-0.2, 0) is 4.79 Å². The molecule has 1 aromatic rings. The zero-order valence-corrected chi connectivity index (χ0v) is 11.7. The Morgan fingerprint density at radius 3 is 2.17 bits per heavy atom. The van der Waals surface area contributed by atoms with Gasteiger partial charge in [-0.25, -0.2) is 4.79 Å². The van der Waals surface area contributed by atoms with Gasteiger partial charge in [0, 0.05) is 12.2 Å². The molecule has 100 valence electrons. The van der Waals surface area contributed by atoms with Gasteiger partial charge in [0.15, 0.2) is 0 Å². The first-order chi connectivity index (χ1) is 8.47. The van der Waals surface area contributed by atoms with Crippen molar-refractivity contribution >= 4 is 11.7 Å². The number of nitrogens with zero attached hydrogens (tertiary/aromatic N) is 1. The van der Waals surface area contributed by atoms with Crippen LogP contribution in [0.3, 0.4) is 0 Å². The predicted molar refractivity (Wildman–Crippen MR) is 75.3 cm³/mol. The molecule has 0 bridgehead atoms. The minimum absolute atomic E-state index is 0.491. The molecule has 1 aromatic carbocycles. The standard InChI is InChI=1S/C15H23NO2/c1-5-10-16(12(4)15(17)18)14-8-6-13(7-9-14)11(2)3/h6-9,11-12H,5,10H2,1-4H3,(H,17,18)/t12-/m0/s1. The van der Waals surface area contributed by atoms with Crippen molar-refractivity contribution in [1.82, 2.24) is 0 Å². The van der Waals surface area contributed by atoms with Crippen LogP contribution >= 0.6 is 0 Å². The highest BCUT2D eigenvalue weighted by Crippen LogP contribution is 2.22. The second kappa shape index (κ2) is 6.43. The van der Waals surface area contributed by atoms with Crippen LogP contribution in [0.1, 0.15) is 45.6 Å². The topological polar surface area (TPSA) is 40.5 Å².